The molecule has 0 unspecified atom stereocenters. The molecule has 4 aromatic rings. The molecule has 0 atom stereocenters. The summed E-state index contributed by atoms with van der Waals surface area (Å²) in [7, 11) is 1.85. The topological polar surface area (TPSA) is 132 Å². The van der Waals surface area contributed by atoms with Crippen LogP contribution in [0.4, 0.5) is 13.2 Å². The van der Waals surface area contributed by atoms with Gasteiger partial charge < -0.3 is 24.4 Å². The van der Waals surface area contributed by atoms with Gasteiger partial charge >= 0.3 is 12.1 Å². The Kier molecular flexibility index (Phi) is 17.4. The predicted molar refractivity (Wildman–Crippen MR) is 185 cm³/mol. The van der Waals surface area contributed by atoms with Crippen LogP contribution < -0.4 is 5.32 Å². The van der Waals surface area contributed by atoms with Crippen molar-refractivity contribution in [1.82, 2.24) is 29.6 Å². The summed E-state index contributed by atoms with van der Waals surface area (Å²) in [5.41, 5.74) is 5.83. The lowest BCUT2D eigenvalue weighted by Crippen LogP contribution is -2.25. The predicted octanol–water partition coefficient (Wildman–Crippen LogP) is 7.10. The lowest BCUT2D eigenvalue weighted by molar-refractivity contribution is -0.192. The van der Waals surface area contributed by atoms with E-state index in [1.54, 1.807) is 10.9 Å². The molecular weight excluding hydrogens is 637 g/mol. The number of imidazole rings is 1. The number of carboxylic acid groups (broad SMARTS) is 1. The highest BCUT2D eigenvalue weighted by atomic mass is 19.4. The largest absolute Gasteiger partial charge is 0.490 e. The summed E-state index contributed by atoms with van der Waals surface area (Å²) in [6.07, 6.45) is 4.38. The van der Waals surface area contributed by atoms with Gasteiger partial charge in [0.1, 0.15) is 18.9 Å². The van der Waals surface area contributed by atoms with Gasteiger partial charge in [-0.15, -0.1) is 10.2 Å². The first-order valence-electron chi connectivity index (χ1n) is 15.0. The molecule has 13 heteroatoms. The Balaban J connectivity index is 0.000000673. The number of hydrogen-bond donors (Lipinski definition) is 2. The number of benzene rings is 2. The van der Waals surface area contributed by atoms with Gasteiger partial charge in [-0.25, -0.2) is 9.78 Å². The minimum absolute atomic E-state index is 0.151. The van der Waals surface area contributed by atoms with Crippen LogP contribution in [0, 0.1) is 5.92 Å². The Labute approximate surface area is 284 Å². The Morgan fingerprint density at radius 2 is 1.63 bits per heavy atom. The Morgan fingerprint density at radius 1 is 1.04 bits per heavy atom. The van der Waals surface area contributed by atoms with Crippen LogP contribution in [0.15, 0.2) is 103 Å². The van der Waals surface area contributed by atoms with E-state index in [1.165, 1.54) is 5.56 Å². The van der Waals surface area contributed by atoms with Crippen molar-refractivity contribution in [2.24, 2.45) is 13.0 Å². The maximum atomic E-state index is 13.1. The monoisotopic (exact) mass is 680 g/mol. The fourth-order valence-corrected chi connectivity index (χ4v) is 4.16. The van der Waals surface area contributed by atoms with Crippen molar-refractivity contribution in [1.29, 1.82) is 0 Å². The molecule has 10 nitrogen and oxygen atoms in total. The zero-order valence-electron chi connectivity index (χ0n) is 28.5. The quantitative estimate of drug-likeness (QED) is 0.142. The standard InChI is InChI=1S/C27H30N6O.C6H10.C2HF3O2.CH2O/c1-19(2)14-22(27(34)28-16-25-31-29-18-32(25)4)15-20(3)26-30-23-12-8-9-13-24(23)33(26)17-21-10-6-5-7-11-21;1-4-5-6(2)3;3-2(4,5)1(6)7;1-2/h5-15,18-19H,16-17H2,1-4H3,(H,28,34);4-5H,2H2,1,3H3;(H,6,7);1H2/b20-15+,22-14+;5-4-;;. The van der Waals surface area contributed by atoms with E-state index in [0.717, 1.165) is 28.0 Å². The molecule has 0 aliphatic rings. The molecule has 0 aliphatic carbocycles. The third-order valence-corrected chi connectivity index (χ3v) is 6.24. The number of aromatic nitrogens is 5. The second-order valence-electron chi connectivity index (χ2n) is 10.9. The van der Waals surface area contributed by atoms with Gasteiger partial charge in [0.05, 0.1) is 17.6 Å². The van der Waals surface area contributed by atoms with E-state index in [-0.39, 0.29) is 11.8 Å². The van der Waals surface area contributed by atoms with Crippen molar-refractivity contribution in [3.63, 3.8) is 0 Å². The second kappa shape index (κ2) is 20.6. The highest BCUT2D eigenvalue weighted by Gasteiger charge is 2.38. The Bertz CT molecular complexity index is 1750. The van der Waals surface area contributed by atoms with Crippen LogP contribution in [-0.2, 0) is 34.5 Å². The van der Waals surface area contributed by atoms with E-state index in [4.69, 9.17) is 19.7 Å². The fourth-order valence-electron chi connectivity index (χ4n) is 4.16. The number of nitrogens with one attached hydrogen (secondary N) is 1. The molecule has 0 bridgehead atoms. The molecular formula is C36H43F3N6O4. The average Bonchev–Trinajstić information content (AvgIpc) is 3.63. The number of para-hydroxylation sites is 2. The summed E-state index contributed by atoms with van der Waals surface area (Å²) in [5, 5.41) is 18.0. The summed E-state index contributed by atoms with van der Waals surface area (Å²) in [4.78, 5) is 34.9. The van der Waals surface area contributed by atoms with E-state index in [2.05, 4.69) is 58.7 Å². The Hall–Kier alpha value is -5.59. The number of amides is 1. The summed E-state index contributed by atoms with van der Waals surface area (Å²) in [6, 6.07) is 18.5. The first-order chi connectivity index (χ1) is 23.1. The molecule has 2 aromatic heterocycles. The van der Waals surface area contributed by atoms with Crippen molar-refractivity contribution in [2.75, 3.05) is 0 Å². The van der Waals surface area contributed by atoms with Gasteiger partial charge in [-0.1, -0.05) is 86.7 Å². The van der Waals surface area contributed by atoms with Crippen LogP contribution in [0.3, 0.4) is 0 Å². The molecule has 0 fully saturated rings. The lowest BCUT2D eigenvalue weighted by atomic mass is 10.1. The van der Waals surface area contributed by atoms with E-state index in [9.17, 15) is 18.0 Å². The van der Waals surface area contributed by atoms with Crippen molar-refractivity contribution in [3.8, 4) is 0 Å². The summed E-state index contributed by atoms with van der Waals surface area (Å²) >= 11 is 0. The molecule has 2 heterocycles. The molecule has 0 spiro atoms. The molecule has 0 saturated carbocycles. The van der Waals surface area contributed by atoms with Gasteiger partial charge in [0.2, 0.25) is 0 Å². The first kappa shape index (κ1) is 41.4. The summed E-state index contributed by atoms with van der Waals surface area (Å²) in [5.74, 6) is -1.15. The second-order valence-corrected chi connectivity index (χ2v) is 10.9. The normalized spacial score (nSPS) is 11.6. The first-order valence-corrected chi connectivity index (χ1v) is 15.0. The number of hydrogen-bond acceptors (Lipinski definition) is 6. The van der Waals surface area contributed by atoms with Crippen LogP contribution >= 0.6 is 0 Å². The molecule has 1 amide bonds. The third-order valence-electron chi connectivity index (χ3n) is 6.24. The highest BCUT2D eigenvalue weighted by molar-refractivity contribution is 5.98. The fraction of sp³-hybridized carbons (Fsp3) is 0.278. The van der Waals surface area contributed by atoms with Crippen LogP contribution in [0.5, 0.6) is 0 Å². The number of nitrogens with zero attached hydrogens (tertiary/aromatic N) is 5. The number of halogens is 3. The molecule has 2 aromatic carbocycles. The number of allylic oxidation sites excluding steroid dienone is 5. The molecule has 49 heavy (non-hydrogen) atoms. The summed E-state index contributed by atoms with van der Waals surface area (Å²) < 4.78 is 35.7. The van der Waals surface area contributed by atoms with Crippen LogP contribution in [0.2, 0.25) is 0 Å². The average molecular weight is 681 g/mol. The maximum Gasteiger partial charge on any atom is 0.490 e. The van der Waals surface area contributed by atoms with Crippen molar-refractivity contribution in [2.45, 2.75) is 53.9 Å². The zero-order valence-corrected chi connectivity index (χ0v) is 28.5. The van der Waals surface area contributed by atoms with Crippen molar-refractivity contribution in [3.05, 3.63) is 120 Å². The van der Waals surface area contributed by atoms with Gasteiger partial charge in [0.15, 0.2) is 5.82 Å². The SMILES string of the molecule is C/C(=C\C(=C/C(C)C)C(=O)NCc1nncn1C)c1nc2ccccc2n1Cc1ccccc1.C=C(C)/C=C\C.C=O.O=C(O)C(F)(F)F. The lowest BCUT2D eigenvalue weighted by Gasteiger charge is -2.12. The molecule has 0 aliphatic heterocycles. The molecule has 0 saturated heterocycles. The van der Waals surface area contributed by atoms with Crippen LogP contribution in [-0.4, -0.2) is 54.3 Å². The number of aliphatic carboxylic acids is 1. The van der Waals surface area contributed by atoms with E-state index >= 15 is 0 Å². The molecule has 262 valence electrons. The van der Waals surface area contributed by atoms with Crippen LogP contribution in [0.25, 0.3) is 16.6 Å². The van der Waals surface area contributed by atoms with Gasteiger partial charge in [-0.2, -0.15) is 13.2 Å². The number of carboxylic acids is 1. The summed E-state index contributed by atoms with van der Waals surface area (Å²) in [6.45, 7) is 16.7. The third kappa shape index (κ3) is 14.4. The number of aryl methyl sites for hydroxylation is 1. The number of rotatable bonds is 9. The highest BCUT2D eigenvalue weighted by Crippen LogP contribution is 2.24. The minimum atomic E-state index is -5.08. The number of alkyl halides is 3. The van der Waals surface area contributed by atoms with Gasteiger partial charge in [0, 0.05) is 19.2 Å². The van der Waals surface area contributed by atoms with Crippen LogP contribution in [0.1, 0.15) is 51.8 Å². The van der Waals surface area contributed by atoms with Gasteiger partial charge in [0.25, 0.3) is 5.91 Å². The van der Waals surface area contributed by atoms with Gasteiger partial charge in [-0.05, 0) is 56.0 Å². The number of fused-ring (bicyclic) bond motifs is 1. The Morgan fingerprint density at radius 3 is 2.12 bits per heavy atom. The van der Waals surface area contributed by atoms with E-state index in [1.807, 2.05) is 95.3 Å². The van der Waals surface area contributed by atoms with E-state index in [0.29, 0.717) is 24.5 Å². The molecule has 0 radical (unpaired) electrons. The van der Waals surface area contributed by atoms with E-state index < -0.39 is 12.1 Å². The van der Waals surface area contributed by atoms with Crippen molar-refractivity contribution < 1.29 is 32.7 Å². The molecule has 4 rings (SSSR count). The number of carbonyl (C=O) groups excluding carboxylic acids is 2. The maximum absolute atomic E-state index is 13.1. The zero-order chi connectivity index (χ0) is 37.1. The van der Waals surface area contributed by atoms with Crippen molar-refractivity contribution >= 4 is 35.3 Å². The molecule has 2 N–H and O–H groups in total. The smallest absolute Gasteiger partial charge is 0.475 e. The van der Waals surface area contributed by atoms with Gasteiger partial charge in [-0.3, -0.25) is 4.79 Å². The number of carbonyl (C=O) groups is 3. The minimum Gasteiger partial charge on any atom is -0.475 e.